The Morgan fingerprint density at radius 2 is 1.97 bits per heavy atom. The van der Waals surface area contributed by atoms with Crippen molar-refractivity contribution in [2.45, 2.75) is 31.1 Å². The first-order valence-electron chi connectivity index (χ1n) is 12.2. The van der Waals surface area contributed by atoms with Crippen molar-refractivity contribution in [1.29, 1.82) is 0 Å². The van der Waals surface area contributed by atoms with Gasteiger partial charge >= 0.3 is 0 Å². The molecule has 4 rings (SSSR count). The predicted octanol–water partition coefficient (Wildman–Crippen LogP) is 4.31. The largest absolute Gasteiger partial charge is 0.494 e. The van der Waals surface area contributed by atoms with Crippen molar-refractivity contribution < 1.29 is 17.9 Å². The van der Waals surface area contributed by atoms with E-state index in [1.165, 1.54) is 4.31 Å². The number of piperidine rings is 1. The molecule has 0 radical (unpaired) electrons. The van der Waals surface area contributed by atoms with Crippen LogP contribution in [0.4, 0.5) is 5.69 Å². The van der Waals surface area contributed by atoms with Crippen LogP contribution in [0.2, 0.25) is 5.02 Å². The third kappa shape index (κ3) is 6.27. The highest BCUT2D eigenvalue weighted by Crippen LogP contribution is 2.26. The SMILES string of the molecule is CCOc1ccc(S(=O)(=O)N2CCC[C@H](C(=O)NCCCNc3ccnc4cc(Cl)ccc34)C2)cc1. The van der Waals surface area contributed by atoms with E-state index >= 15 is 0 Å². The monoisotopic (exact) mass is 530 g/mol. The number of fused-ring (bicyclic) bond motifs is 1. The molecule has 0 saturated carbocycles. The fourth-order valence-electron chi connectivity index (χ4n) is 4.34. The molecule has 0 unspecified atom stereocenters. The number of nitrogens with zero attached hydrogens (tertiary/aromatic N) is 2. The molecule has 0 bridgehead atoms. The molecular weight excluding hydrogens is 500 g/mol. The molecule has 1 atom stereocenters. The molecule has 36 heavy (non-hydrogen) atoms. The summed E-state index contributed by atoms with van der Waals surface area (Å²) in [6.45, 7) is 4.16. The molecule has 3 aromatic rings. The molecule has 192 valence electrons. The van der Waals surface area contributed by atoms with Crippen molar-refractivity contribution in [2.24, 2.45) is 5.92 Å². The van der Waals surface area contributed by atoms with Gasteiger partial charge in [-0.1, -0.05) is 11.6 Å². The van der Waals surface area contributed by atoms with Crippen molar-refractivity contribution in [3.63, 3.8) is 0 Å². The summed E-state index contributed by atoms with van der Waals surface area (Å²) in [5.74, 6) is 0.159. The number of rotatable bonds is 10. The number of halogens is 1. The minimum atomic E-state index is -3.67. The summed E-state index contributed by atoms with van der Waals surface area (Å²) in [6, 6.07) is 13.9. The highest BCUT2D eigenvalue weighted by molar-refractivity contribution is 7.89. The maximum absolute atomic E-state index is 13.1. The van der Waals surface area contributed by atoms with E-state index < -0.39 is 10.0 Å². The molecule has 0 aliphatic carbocycles. The van der Waals surface area contributed by atoms with Gasteiger partial charge in [0.25, 0.3) is 0 Å². The Balaban J connectivity index is 1.26. The minimum Gasteiger partial charge on any atom is -0.494 e. The summed E-state index contributed by atoms with van der Waals surface area (Å²) in [5.41, 5.74) is 1.79. The number of carbonyl (C=O) groups excluding carboxylic acids is 1. The molecule has 1 fully saturated rings. The van der Waals surface area contributed by atoms with Crippen LogP contribution in [0, 0.1) is 5.92 Å². The number of sulfonamides is 1. The van der Waals surface area contributed by atoms with Crippen LogP contribution < -0.4 is 15.4 Å². The van der Waals surface area contributed by atoms with E-state index in [9.17, 15) is 13.2 Å². The second kappa shape index (κ2) is 11.9. The maximum atomic E-state index is 13.1. The Morgan fingerprint density at radius 3 is 2.75 bits per heavy atom. The molecular formula is C26H31ClN4O4S. The molecule has 1 aromatic heterocycles. The van der Waals surface area contributed by atoms with Gasteiger partial charge in [0.1, 0.15) is 5.75 Å². The fraction of sp³-hybridized carbons (Fsp3) is 0.385. The smallest absolute Gasteiger partial charge is 0.243 e. The van der Waals surface area contributed by atoms with E-state index in [1.54, 1.807) is 30.5 Å². The van der Waals surface area contributed by atoms with Crippen LogP contribution in [0.3, 0.4) is 0 Å². The number of ether oxygens (including phenoxy) is 1. The lowest BCUT2D eigenvalue weighted by molar-refractivity contribution is -0.126. The molecule has 2 N–H and O–H groups in total. The number of amides is 1. The number of benzene rings is 2. The molecule has 1 amide bonds. The van der Waals surface area contributed by atoms with Crippen LogP contribution in [-0.4, -0.2) is 56.4 Å². The Morgan fingerprint density at radius 1 is 1.17 bits per heavy atom. The van der Waals surface area contributed by atoms with Crippen LogP contribution in [0.15, 0.2) is 59.6 Å². The second-order valence-corrected chi connectivity index (χ2v) is 11.1. The first kappa shape index (κ1) is 26.2. The van der Waals surface area contributed by atoms with Gasteiger partial charge in [0, 0.05) is 48.5 Å². The zero-order chi connectivity index (χ0) is 25.5. The molecule has 2 heterocycles. The Hall–Kier alpha value is -2.88. The van der Waals surface area contributed by atoms with Gasteiger partial charge < -0.3 is 15.4 Å². The fourth-order valence-corrected chi connectivity index (χ4v) is 6.03. The van der Waals surface area contributed by atoms with E-state index in [2.05, 4.69) is 15.6 Å². The van der Waals surface area contributed by atoms with Crippen molar-refractivity contribution in [1.82, 2.24) is 14.6 Å². The van der Waals surface area contributed by atoms with Gasteiger partial charge in [0.2, 0.25) is 15.9 Å². The third-order valence-corrected chi connectivity index (χ3v) is 8.31. The summed E-state index contributed by atoms with van der Waals surface area (Å²) in [7, 11) is -3.67. The number of nitrogens with one attached hydrogen (secondary N) is 2. The van der Waals surface area contributed by atoms with Crippen molar-refractivity contribution in [3.05, 3.63) is 59.8 Å². The van der Waals surface area contributed by atoms with Crippen molar-refractivity contribution >= 4 is 44.1 Å². The molecule has 1 saturated heterocycles. The Kier molecular flexibility index (Phi) is 8.66. The van der Waals surface area contributed by atoms with E-state index in [0.717, 1.165) is 23.0 Å². The lowest BCUT2D eigenvalue weighted by atomic mass is 9.99. The Labute approximate surface area is 217 Å². The number of pyridine rings is 1. The standard InChI is InChI=1S/C26H31ClN4O4S/c1-2-35-21-7-9-22(10-8-21)36(33,34)31-16-3-5-19(18-31)26(32)30-14-4-13-28-24-12-15-29-25-17-20(27)6-11-23(24)25/h6-12,15,17,19H,2-5,13-14,16,18H2,1H3,(H,28,29)(H,30,32)/t19-/m0/s1. The number of hydrogen-bond acceptors (Lipinski definition) is 6. The molecule has 0 spiro atoms. The number of anilines is 1. The summed E-state index contributed by atoms with van der Waals surface area (Å²) in [4.78, 5) is 17.3. The number of hydrogen-bond donors (Lipinski definition) is 2. The van der Waals surface area contributed by atoms with Gasteiger partial charge in [-0.05, 0) is 74.7 Å². The lowest BCUT2D eigenvalue weighted by Gasteiger charge is -2.31. The zero-order valence-electron chi connectivity index (χ0n) is 20.2. The van der Waals surface area contributed by atoms with Crippen LogP contribution >= 0.6 is 11.6 Å². The maximum Gasteiger partial charge on any atom is 0.243 e. The predicted molar refractivity (Wildman–Crippen MR) is 142 cm³/mol. The van der Waals surface area contributed by atoms with Gasteiger partial charge in [-0.2, -0.15) is 4.31 Å². The number of aromatic nitrogens is 1. The molecule has 2 aromatic carbocycles. The molecule has 1 aliphatic heterocycles. The van der Waals surface area contributed by atoms with E-state index in [-0.39, 0.29) is 23.3 Å². The van der Waals surface area contributed by atoms with Gasteiger partial charge in [0.05, 0.1) is 22.9 Å². The highest BCUT2D eigenvalue weighted by atomic mass is 35.5. The first-order chi connectivity index (χ1) is 17.4. The minimum absolute atomic E-state index is 0.106. The highest BCUT2D eigenvalue weighted by Gasteiger charge is 2.33. The molecule has 1 aliphatic rings. The normalized spacial score (nSPS) is 16.6. The van der Waals surface area contributed by atoms with Crippen LogP contribution in [0.5, 0.6) is 5.75 Å². The summed E-state index contributed by atoms with van der Waals surface area (Å²) in [6.07, 6.45) is 3.78. The van der Waals surface area contributed by atoms with Crippen molar-refractivity contribution in [2.75, 3.05) is 38.1 Å². The van der Waals surface area contributed by atoms with Gasteiger partial charge in [-0.25, -0.2) is 8.42 Å². The van der Waals surface area contributed by atoms with E-state index in [1.807, 2.05) is 31.2 Å². The molecule has 10 heteroatoms. The van der Waals surface area contributed by atoms with Gasteiger partial charge in [0.15, 0.2) is 0 Å². The topological polar surface area (TPSA) is 101 Å². The van der Waals surface area contributed by atoms with E-state index in [4.69, 9.17) is 16.3 Å². The average Bonchev–Trinajstić information content (AvgIpc) is 2.89. The molecule has 8 nitrogen and oxygen atoms in total. The lowest BCUT2D eigenvalue weighted by Crippen LogP contribution is -2.45. The average molecular weight is 531 g/mol. The number of carbonyl (C=O) groups is 1. The van der Waals surface area contributed by atoms with Crippen LogP contribution in [0.1, 0.15) is 26.2 Å². The summed E-state index contributed by atoms with van der Waals surface area (Å²) in [5, 5.41) is 7.99. The third-order valence-electron chi connectivity index (χ3n) is 6.20. The Bertz CT molecular complexity index is 1300. The summed E-state index contributed by atoms with van der Waals surface area (Å²) < 4.78 is 33.0. The quantitative estimate of drug-likeness (QED) is 0.379. The van der Waals surface area contributed by atoms with Crippen molar-refractivity contribution in [3.8, 4) is 5.75 Å². The van der Waals surface area contributed by atoms with Crippen LogP contribution in [-0.2, 0) is 14.8 Å². The van der Waals surface area contributed by atoms with E-state index in [0.29, 0.717) is 49.9 Å². The summed E-state index contributed by atoms with van der Waals surface area (Å²) >= 11 is 6.05. The van der Waals surface area contributed by atoms with Crippen LogP contribution in [0.25, 0.3) is 10.9 Å². The second-order valence-electron chi connectivity index (χ2n) is 8.70. The first-order valence-corrected chi connectivity index (χ1v) is 14.0. The van der Waals surface area contributed by atoms with Gasteiger partial charge in [-0.15, -0.1) is 0 Å². The van der Waals surface area contributed by atoms with Gasteiger partial charge in [-0.3, -0.25) is 9.78 Å². The zero-order valence-corrected chi connectivity index (χ0v) is 21.8.